The number of aromatic nitrogens is 2. The van der Waals surface area contributed by atoms with Gasteiger partial charge >= 0.3 is 0 Å². The first-order chi connectivity index (χ1) is 14.5. The number of benzene rings is 2. The summed E-state index contributed by atoms with van der Waals surface area (Å²) in [6.07, 6.45) is 3.22. The molecule has 30 heavy (non-hydrogen) atoms. The zero-order valence-electron chi connectivity index (χ0n) is 17.8. The van der Waals surface area contributed by atoms with Gasteiger partial charge in [0.15, 0.2) is 0 Å². The van der Waals surface area contributed by atoms with Crippen molar-refractivity contribution in [2.45, 2.75) is 52.2 Å². The van der Waals surface area contributed by atoms with Crippen molar-refractivity contribution in [3.8, 4) is 11.3 Å². The van der Waals surface area contributed by atoms with Gasteiger partial charge in [-0.05, 0) is 44.4 Å². The van der Waals surface area contributed by atoms with Crippen molar-refractivity contribution in [2.24, 2.45) is 0 Å². The summed E-state index contributed by atoms with van der Waals surface area (Å²) in [5, 5.41) is 3.06. The van der Waals surface area contributed by atoms with Crippen LogP contribution < -0.4 is 16.2 Å². The van der Waals surface area contributed by atoms with Gasteiger partial charge in [-0.1, -0.05) is 42.5 Å². The lowest BCUT2D eigenvalue weighted by molar-refractivity contribution is -0.116. The number of imidazole rings is 1. The molecule has 6 nitrogen and oxygen atoms in total. The Morgan fingerprint density at radius 1 is 1.17 bits per heavy atom. The number of nitrogens with zero attached hydrogens (tertiary/aromatic N) is 2. The standard InChI is InChI=1S/C24H29N5O/c1-16-9-10-17(2)20(13-16)26-22(30)11-12-29-15-25-23(19-7-5-4-6-8-19)24(29)21-14-18(3)27-28-21/h4-10,13,15,18,21,27-28H,11-12,14H2,1-3H3,(H,26,30). The molecule has 1 amide bonds. The van der Waals surface area contributed by atoms with E-state index in [1.165, 1.54) is 0 Å². The van der Waals surface area contributed by atoms with Crippen LogP contribution >= 0.6 is 0 Å². The first-order valence-corrected chi connectivity index (χ1v) is 10.5. The summed E-state index contributed by atoms with van der Waals surface area (Å²) in [7, 11) is 0. The second-order valence-corrected chi connectivity index (χ2v) is 8.13. The summed E-state index contributed by atoms with van der Waals surface area (Å²) < 4.78 is 2.11. The fourth-order valence-corrected chi connectivity index (χ4v) is 3.95. The number of carbonyl (C=O) groups excluding carboxylic acids is 1. The Balaban J connectivity index is 1.53. The van der Waals surface area contributed by atoms with Gasteiger partial charge in [0.1, 0.15) is 0 Å². The van der Waals surface area contributed by atoms with Crippen molar-refractivity contribution in [2.75, 3.05) is 5.32 Å². The van der Waals surface area contributed by atoms with E-state index in [2.05, 4.69) is 45.9 Å². The lowest BCUT2D eigenvalue weighted by Crippen LogP contribution is -2.30. The van der Waals surface area contributed by atoms with E-state index in [1.54, 1.807) is 0 Å². The van der Waals surface area contributed by atoms with Gasteiger partial charge < -0.3 is 9.88 Å². The lowest BCUT2D eigenvalue weighted by Gasteiger charge is -2.16. The summed E-state index contributed by atoms with van der Waals surface area (Å²) in [6, 6.07) is 16.9. The maximum atomic E-state index is 12.6. The molecule has 3 aromatic rings. The predicted octanol–water partition coefficient (Wildman–Crippen LogP) is 4.12. The molecular weight excluding hydrogens is 374 g/mol. The molecule has 156 valence electrons. The van der Waals surface area contributed by atoms with Crippen LogP contribution in [0.2, 0.25) is 0 Å². The topological polar surface area (TPSA) is 71.0 Å². The van der Waals surface area contributed by atoms with Crippen LogP contribution in [0.1, 0.15) is 42.6 Å². The number of aryl methyl sites for hydroxylation is 3. The van der Waals surface area contributed by atoms with Crippen LogP contribution in [-0.4, -0.2) is 21.5 Å². The van der Waals surface area contributed by atoms with E-state index >= 15 is 0 Å². The maximum absolute atomic E-state index is 12.6. The van der Waals surface area contributed by atoms with Gasteiger partial charge in [0.05, 0.1) is 23.8 Å². The summed E-state index contributed by atoms with van der Waals surface area (Å²) >= 11 is 0. The number of anilines is 1. The van der Waals surface area contributed by atoms with Crippen LogP contribution in [0.25, 0.3) is 11.3 Å². The van der Waals surface area contributed by atoms with Crippen molar-refractivity contribution in [3.63, 3.8) is 0 Å². The summed E-state index contributed by atoms with van der Waals surface area (Å²) in [4.78, 5) is 17.3. The third-order valence-corrected chi connectivity index (χ3v) is 5.60. The van der Waals surface area contributed by atoms with Gasteiger partial charge in [0.25, 0.3) is 0 Å². The first-order valence-electron chi connectivity index (χ1n) is 10.5. The molecule has 1 aromatic heterocycles. The average Bonchev–Trinajstić information content (AvgIpc) is 3.35. The number of rotatable bonds is 6. The van der Waals surface area contributed by atoms with Gasteiger partial charge in [-0.2, -0.15) is 0 Å². The molecule has 0 saturated carbocycles. The molecule has 0 aliphatic carbocycles. The van der Waals surface area contributed by atoms with Crippen molar-refractivity contribution in [3.05, 3.63) is 71.7 Å². The molecule has 2 aromatic carbocycles. The molecule has 2 atom stereocenters. The van der Waals surface area contributed by atoms with Gasteiger partial charge in [0.2, 0.25) is 5.91 Å². The largest absolute Gasteiger partial charge is 0.332 e. The fourth-order valence-electron chi connectivity index (χ4n) is 3.95. The van der Waals surface area contributed by atoms with E-state index in [-0.39, 0.29) is 11.9 Å². The molecule has 3 N–H and O–H groups in total. The first kappa shape index (κ1) is 20.3. The monoisotopic (exact) mass is 403 g/mol. The Labute approximate surface area is 177 Å². The molecule has 0 bridgehead atoms. The van der Waals surface area contributed by atoms with Gasteiger partial charge in [0, 0.05) is 30.3 Å². The Hall–Kier alpha value is -2.96. The minimum Gasteiger partial charge on any atom is -0.332 e. The number of hydrogen-bond acceptors (Lipinski definition) is 4. The maximum Gasteiger partial charge on any atom is 0.226 e. The minimum atomic E-state index is 0.00971. The molecule has 6 heteroatoms. The van der Waals surface area contributed by atoms with E-state index < -0.39 is 0 Å². The molecule has 1 saturated heterocycles. The Kier molecular flexibility index (Phi) is 5.97. The zero-order chi connectivity index (χ0) is 21.1. The van der Waals surface area contributed by atoms with Crippen LogP contribution in [0.3, 0.4) is 0 Å². The molecule has 1 aliphatic rings. The molecule has 1 fully saturated rings. The Bertz CT molecular complexity index is 1030. The summed E-state index contributed by atoms with van der Waals surface area (Å²) in [5.41, 5.74) is 13.0. The molecular formula is C24H29N5O. The molecule has 0 radical (unpaired) electrons. The van der Waals surface area contributed by atoms with E-state index in [0.29, 0.717) is 19.0 Å². The van der Waals surface area contributed by atoms with Crippen molar-refractivity contribution >= 4 is 11.6 Å². The highest BCUT2D eigenvalue weighted by Gasteiger charge is 2.28. The van der Waals surface area contributed by atoms with Gasteiger partial charge in [-0.25, -0.2) is 10.4 Å². The van der Waals surface area contributed by atoms with E-state index in [9.17, 15) is 4.79 Å². The average molecular weight is 404 g/mol. The lowest BCUT2D eigenvalue weighted by atomic mass is 10.0. The van der Waals surface area contributed by atoms with Crippen molar-refractivity contribution in [1.82, 2.24) is 20.4 Å². The SMILES string of the molecule is Cc1ccc(C)c(NC(=O)CCn2cnc(-c3ccccc3)c2C2CC(C)NN2)c1. The number of hydrogen-bond donors (Lipinski definition) is 3. The van der Waals surface area contributed by atoms with E-state index in [1.807, 2.05) is 50.5 Å². The second kappa shape index (κ2) is 8.81. The molecule has 4 rings (SSSR count). The van der Waals surface area contributed by atoms with E-state index in [4.69, 9.17) is 4.98 Å². The minimum absolute atomic E-state index is 0.00971. The third-order valence-electron chi connectivity index (χ3n) is 5.60. The van der Waals surface area contributed by atoms with Crippen LogP contribution in [0, 0.1) is 13.8 Å². The number of nitrogens with one attached hydrogen (secondary N) is 3. The van der Waals surface area contributed by atoms with Crippen molar-refractivity contribution < 1.29 is 4.79 Å². The highest BCUT2D eigenvalue weighted by Crippen LogP contribution is 2.31. The Morgan fingerprint density at radius 3 is 2.70 bits per heavy atom. The molecule has 2 unspecified atom stereocenters. The van der Waals surface area contributed by atoms with E-state index in [0.717, 1.165) is 40.2 Å². The quantitative estimate of drug-likeness (QED) is 0.579. The zero-order valence-corrected chi connectivity index (χ0v) is 17.8. The number of carbonyl (C=O) groups is 1. The second-order valence-electron chi connectivity index (χ2n) is 8.13. The number of hydrazine groups is 1. The van der Waals surface area contributed by atoms with Gasteiger partial charge in [-0.3, -0.25) is 10.2 Å². The van der Waals surface area contributed by atoms with Crippen LogP contribution in [0.15, 0.2) is 54.9 Å². The van der Waals surface area contributed by atoms with Crippen molar-refractivity contribution in [1.29, 1.82) is 0 Å². The highest BCUT2D eigenvalue weighted by atomic mass is 16.1. The van der Waals surface area contributed by atoms with Crippen LogP contribution in [0.5, 0.6) is 0 Å². The summed E-state index contributed by atoms with van der Waals surface area (Å²) in [6.45, 7) is 6.78. The Morgan fingerprint density at radius 2 is 1.97 bits per heavy atom. The third kappa shape index (κ3) is 4.45. The van der Waals surface area contributed by atoms with Gasteiger partial charge in [-0.15, -0.1) is 0 Å². The highest BCUT2D eigenvalue weighted by molar-refractivity contribution is 5.91. The smallest absolute Gasteiger partial charge is 0.226 e. The normalized spacial score (nSPS) is 18.5. The summed E-state index contributed by atoms with van der Waals surface area (Å²) in [5.74, 6) is 0.00971. The van der Waals surface area contributed by atoms with Crippen LogP contribution in [0.4, 0.5) is 5.69 Å². The van der Waals surface area contributed by atoms with Crippen LogP contribution in [-0.2, 0) is 11.3 Å². The molecule has 2 heterocycles. The predicted molar refractivity (Wildman–Crippen MR) is 120 cm³/mol. The fraction of sp³-hybridized carbons (Fsp3) is 0.333. The molecule has 1 aliphatic heterocycles. The number of amides is 1. The molecule has 0 spiro atoms.